The largest absolute Gasteiger partial charge is 0.251 e. The summed E-state index contributed by atoms with van der Waals surface area (Å²) >= 11 is 6.36. The number of halogens is 1. The number of hydrogen-bond donors (Lipinski definition) is 0. The van der Waals surface area contributed by atoms with Crippen LogP contribution < -0.4 is 0 Å². The Bertz CT molecular complexity index is 548. The Balaban J connectivity index is 2.36. The smallest absolute Gasteiger partial charge is 0.0760 e. The maximum Gasteiger partial charge on any atom is 0.0760 e. The van der Waals surface area contributed by atoms with Crippen LogP contribution in [0.3, 0.4) is 0 Å². The normalized spacial score (nSPS) is 19.8. The van der Waals surface area contributed by atoms with Crippen LogP contribution in [-0.4, -0.2) is 4.98 Å². The van der Waals surface area contributed by atoms with Crippen LogP contribution in [0.2, 0.25) is 0 Å². The van der Waals surface area contributed by atoms with E-state index in [1.165, 1.54) is 22.9 Å². The van der Waals surface area contributed by atoms with Crippen LogP contribution >= 0.6 is 11.6 Å². The number of hydrogen-bond acceptors (Lipinski definition) is 1. The van der Waals surface area contributed by atoms with E-state index in [9.17, 15) is 0 Å². The third-order valence-electron chi connectivity index (χ3n) is 3.49. The number of alkyl halides is 1. The molecule has 0 saturated heterocycles. The number of aryl methyl sites for hydroxylation is 1. The first-order valence-electron chi connectivity index (χ1n) is 5.79. The molecule has 0 amide bonds. The van der Waals surface area contributed by atoms with E-state index in [1.54, 1.807) is 0 Å². The summed E-state index contributed by atoms with van der Waals surface area (Å²) in [4.78, 5) is 4.73. The van der Waals surface area contributed by atoms with E-state index in [-0.39, 0.29) is 5.38 Å². The second-order valence-corrected chi connectivity index (χ2v) is 5.00. The molecule has 0 radical (unpaired) electrons. The molecule has 2 aromatic rings. The highest BCUT2D eigenvalue weighted by Gasteiger charge is 2.22. The summed E-state index contributed by atoms with van der Waals surface area (Å²) in [7, 11) is 0. The molecular formula is C14H14ClN. The van der Waals surface area contributed by atoms with Gasteiger partial charge in [-0.1, -0.05) is 18.2 Å². The lowest BCUT2D eigenvalue weighted by atomic mass is 9.90. The fraction of sp³-hybridized carbons (Fsp3) is 0.357. The SMILES string of the molecule is Cc1c2c(nc3ccccc13)[C@H](Cl)CCC2. The third-order valence-corrected chi connectivity index (χ3v) is 3.92. The van der Waals surface area contributed by atoms with Crippen LogP contribution in [0.25, 0.3) is 10.9 Å². The maximum absolute atomic E-state index is 6.36. The fourth-order valence-corrected chi connectivity index (χ4v) is 2.94. The van der Waals surface area contributed by atoms with E-state index in [1.807, 2.05) is 6.07 Å². The van der Waals surface area contributed by atoms with Crippen molar-refractivity contribution >= 4 is 22.5 Å². The van der Waals surface area contributed by atoms with Crippen LogP contribution in [0.1, 0.15) is 35.0 Å². The van der Waals surface area contributed by atoms with Crippen LogP contribution in [0.15, 0.2) is 24.3 Å². The Hall–Kier alpha value is -1.08. The predicted molar refractivity (Wildman–Crippen MR) is 68.0 cm³/mol. The molecule has 1 atom stereocenters. The lowest BCUT2D eigenvalue weighted by Gasteiger charge is -2.22. The van der Waals surface area contributed by atoms with Gasteiger partial charge in [0.15, 0.2) is 0 Å². The van der Waals surface area contributed by atoms with Crippen molar-refractivity contribution in [2.45, 2.75) is 31.6 Å². The van der Waals surface area contributed by atoms with Gasteiger partial charge in [0.05, 0.1) is 16.6 Å². The Morgan fingerprint density at radius 1 is 1.31 bits per heavy atom. The number of para-hydroxylation sites is 1. The molecule has 0 saturated carbocycles. The van der Waals surface area contributed by atoms with Crippen LogP contribution in [0.4, 0.5) is 0 Å². The number of benzene rings is 1. The molecule has 0 N–H and O–H groups in total. The Morgan fingerprint density at radius 2 is 2.12 bits per heavy atom. The fourth-order valence-electron chi connectivity index (χ4n) is 2.61. The molecule has 1 aromatic carbocycles. The summed E-state index contributed by atoms with van der Waals surface area (Å²) in [6.07, 6.45) is 3.36. The van der Waals surface area contributed by atoms with Crippen molar-refractivity contribution in [3.05, 3.63) is 41.1 Å². The zero-order valence-corrected chi connectivity index (χ0v) is 10.1. The van der Waals surface area contributed by atoms with Gasteiger partial charge >= 0.3 is 0 Å². The van der Waals surface area contributed by atoms with E-state index in [2.05, 4.69) is 25.1 Å². The zero-order valence-electron chi connectivity index (χ0n) is 9.33. The number of nitrogens with zero attached hydrogens (tertiary/aromatic N) is 1. The molecule has 1 aliphatic carbocycles. The standard InChI is InChI=1S/C14H14ClN/c1-9-10-5-2-3-8-13(10)16-14-11(9)6-4-7-12(14)15/h2-3,5,8,12H,4,6-7H2,1H3/t12-/m1/s1. The topological polar surface area (TPSA) is 12.9 Å². The summed E-state index contributed by atoms with van der Waals surface area (Å²) in [6.45, 7) is 2.19. The molecule has 3 rings (SSSR count). The van der Waals surface area contributed by atoms with E-state index in [0.29, 0.717) is 0 Å². The number of fused-ring (bicyclic) bond motifs is 2. The molecule has 0 aliphatic heterocycles. The lowest BCUT2D eigenvalue weighted by Crippen LogP contribution is -2.10. The van der Waals surface area contributed by atoms with Crippen molar-refractivity contribution in [1.29, 1.82) is 0 Å². The minimum absolute atomic E-state index is 0.104. The van der Waals surface area contributed by atoms with Gasteiger partial charge in [-0.2, -0.15) is 0 Å². The first-order valence-corrected chi connectivity index (χ1v) is 6.23. The van der Waals surface area contributed by atoms with Gasteiger partial charge in [0, 0.05) is 5.39 Å². The molecule has 1 aliphatic rings. The zero-order chi connectivity index (χ0) is 11.1. The molecule has 82 valence electrons. The maximum atomic E-state index is 6.36. The summed E-state index contributed by atoms with van der Waals surface area (Å²) < 4.78 is 0. The van der Waals surface area contributed by atoms with E-state index >= 15 is 0 Å². The third kappa shape index (κ3) is 1.42. The van der Waals surface area contributed by atoms with Crippen molar-refractivity contribution in [3.8, 4) is 0 Å². The van der Waals surface area contributed by atoms with Gasteiger partial charge in [-0.25, -0.2) is 0 Å². The van der Waals surface area contributed by atoms with Crippen molar-refractivity contribution in [1.82, 2.24) is 4.98 Å². The molecular weight excluding hydrogens is 218 g/mol. The minimum Gasteiger partial charge on any atom is -0.251 e. The highest BCUT2D eigenvalue weighted by atomic mass is 35.5. The average Bonchev–Trinajstić information content (AvgIpc) is 2.31. The van der Waals surface area contributed by atoms with Gasteiger partial charge in [-0.3, -0.25) is 4.98 Å². The second-order valence-electron chi connectivity index (χ2n) is 4.48. The number of aromatic nitrogens is 1. The highest BCUT2D eigenvalue weighted by Crippen LogP contribution is 2.36. The van der Waals surface area contributed by atoms with Gasteiger partial charge in [0.2, 0.25) is 0 Å². The van der Waals surface area contributed by atoms with Crippen molar-refractivity contribution in [3.63, 3.8) is 0 Å². The van der Waals surface area contributed by atoms with Crippen molar-refractivity contribution in [2.75, 3.05) is 0 Å². The first-order chi connectivity index (χ1) is 7.77. The summed E-state index contributed by atoms with van der Waals surface area (Å²) in [6, 6.07) is 8.33. The van der Waals surface area contributed by atoms with Gasteiger partial charge in [0.25, 0.3) is 0 Å². The number of pyridine rings is 1. The highest BCUT2D eigenvalue weighted by molar-refractivity contribution is 6.21. The predicted octanol–water partition coefficient (Wildman–Crippen LogP) is 4.16. The van der Waals surface area contributed by atoms with Gasteiger partial charge in [-0.15, -0.1) is 11.6 Å². The van der Waals surface area contributed by atoms with Gasteiger partial charge < -0.3 is 0 Å². The Kier molecular flexibility index (Phi) is 2.36. The van der Waals surface area contributed by atoms with Crippen molar-refractivity contribution in [2.24, 2.45) is 0 Å². The Morgan fingerprint density at radius 3 is 3.00 bits per heavy atom. The van der Waals surface area contributed by atoms with Gasteiger partial charge in [0.1, 0.15) is 0 Å². The minimum atomic E-state index is 0.104. The molecule has 0 spiro atoms. The van der Waals surface area contributed by atoms with Crippen LogP contribution in [-0.2, 0) is 6.42 Å². The molecule has 16 heavy (non-hydrogen) atoms. The van der Waals surface area contributed by atoms with E-state index in [0.717, 1.165) is 24.1 Å². The lowest BCUT2D eigenvalue weighted by molar-refractivity contribution is 0.650. The molecule has 0 bridgehead atoms. The van der Waals surface area contributed by atoms with Gasteiger partial charge in [-0.05, 0) is 43.4 Å². The summed E-state index contributed by atoms with van der Waals surface area (Å²) in [5.41, 5.74) is 4.94. The number of rotatable bonds is 0. The first kappa shape index (κ1) is 10.1. The van der Waals surface area contributed by atoms with Crippen molar-refractivity contribution < 1.29 is 0 Å². The Labute approximate surface area is 100 Å². The van der Waals surface area contributed by atoms with E-state index in [4.69, 9.17) is 16.6 Å². The monoisotopic (exact) mass is 231 g/mol. The summed E-state index contributed by atoms with van der Waals surface area (Å²) in [5.74, 6) is 0. The second kappa shape index (κ2) is 3.74. The molecule has 1 nitrogen and oxygen atoms in total. The molecule has 0 unspecified atom stereocenters. The molecule has 2 heteroatoms. The average molecular weight is 232 g/mol. The van der Waals surface area contributed by atoms with E-state index < -0.39 is 0 Å². The molecule has 1 heterocycles. The quantitative estimate of drug-likeness (QED) is 0.621. The summed E-state index contributed by atoms with van der Waals surface area (Å²) in [5, 5.41) is 1.37. The molecule has 1 aromatic heterocycles. The molecule has 0 fully saturated rings. The van der Waals surface area contributed by atoms with Crippen LogP contribution in [0.5, 0.6) is 0 Å². The van der Waals surface area contributed by atoms with Crippen LogP contribution in [0, 0.1) is 6.92 Å².